The summed E-state index contributed by atoms with van der Waals surface area (Å²) in [5, 5.41) is 11.5. The molecule has 1 atom stereocenters. The Morgan fingerprint density at radius 3 is 2.32 bits per heavy atom. The van der Waals surface area contributed by atoms with Gasteiger partial charge < -0.3 is 20.1 Å². The SMILES string of the molecule is CCC1Oc2ccccc2N(CCC(=O)NCCCCCCCCCCC(=O)O)C1=O. The van der Waals surface area contributed by atoms with Crippen LogP contribution < -0.4 is 15.0 Å². The van der Waals surface area contributed by atoms with E-state index in [0.717, 1.165) is 57.1 Å². The highest BCUT2D eigenvalue weighted by Gasteiger charge is 2.32. The van der Waals surface area contributed by atoms with Gasteiger partial charge in [-0.3, -0.25) is 14.4 Å². The van der Waals surface area contributed by atoms with E-state index in [9.17, 15) is 14.4 Å². The Kier molecular flexibility index (Phi) is 10.9. The zero-order chi connectivity index (χ0) is 22.5. The van der Waals surface area contributed by atoms with Crippen LogP contribution in [0.3, 0.4) is 0 Å². The number of hydrogen-bond acceptors (Lipinski definition) is 4. The number of carboxylic acid groups (broad SMARTS) is 1. The van der Waals surface area contributed by atoms with Crippen molar-refractivity contribution < 1.29 is 24.2 Å². The number of ether oxygens (including phenoxy) is 1. The summed E-state index contributed by atoms with van der Waals surface area (Å²) in [6, 6.07) is 7.45. The maximum absolute atomic E-state index is 12.6. The molecule has 1 aromatic carbocycles. The average Bonchev–Trinajstić information content (AvgIpc) is 2.76. The lowest BCUT2D eigenvalue weighted by molar-refractivity contribution is -0.137. The molecule has 0 spiro atoms. The van der Waals surface area contributed by atoms with Crippen LogP contribution in [0.25, 0.3) is 0 Å². The van der Waals surface area contributed by atoms with Gasteiger partial charge in [-0.2, -0.15) is 0 Å². The molecule has 0 radical (unpaired) electrons. The van der Waals surface area contributed by atoms with Gasteiger partial charge in [-0.25, -0.2) is 0 Å². The minimum atomic E-state index is -0.714. The Hall–Kier alpha value is -2.57. The molecule has 2 N–H and O–H groups in total. The standard InChI is InChI=1S/C24H36N2O5/c1-2-20-24(30)26(19-13-10-11-14-21(19)31-20)18-16-22(27)25-17-12-8-6-4-3-5-7-9-15-23(28)29/h10-11,13-14,20H,2-9,12,15-18H2,1H3,(H,25,27)(H,28,29). The van der Waals surface area contributed by atoms with Crippen LogP contribution in [-0.4, -0.2) is 42.1 Å². The molecule has 31 heavy (non-hydrogen) atoms. The first-order chi connectivity index (χ1) is 15.0. The fourth-order valence-electron chi connectivity index (χ4n) is 3.76. The number of amides is 2. The molecule has 0 saturated heterocycles. The zero-order valence-corrected chi connectivity index (χ0v) is 18.6. The molecule has 2 amide bonds. The first kappa shape index (κ1) is 24.7. The summed E-state index contributed by atoms with van der Waals surface area (Å²) in [5.74, 6) is -0.148. The minimum Gasteiger partial charge on any atom is -0.481 e. The number of aliphatic carboxylic acids is 1. The molecule has 1 aliphatic heterocycles. The maximum Gasteiger partial charge on any atom is 0.303 e. The van der Waals surface area contributed by atoms with E-state index in [1.807, 2.05) is 31.2 Å². The number of nitrogens with zero attached hydrogens (tertiary/aromatic N) is 1. The number of carbonyl (C=O) groups is 3. The van der Waals surface area contributed by atoms with E-state index in [1.165, 1.54) is 0 Å². The van der Waals surface area contributed by atoms with Crippen LogP contribution in [0.4, 0.5) is 5.69 Å². The van der Waals surface area contributed by atoms with Crippen molar-refractivity contribution in [2.24, 2.45) is 0 Å². The third-order valence-corrected chi connectivity index (χ3v) is 5.54. The van der Waals surface area contributed by atoms with Gasteiger partial charge >= 0.3 is 5.97 Å². The first-order valence-corrected chi connectivity index (χ1v) is 11.6. The van der Waals surface area contributed by atoms with Crippen molar-refractivity contribution in [3.63, 3.8) is 0 Å². The van der Waals surface area contributed by atoms with Crippen molar-refractivity contribution in [1.82, 2.24) is 5.32 Å². The fourth-order valence-corrected chi connectivity index (χ4v) is 3.76. The number of benzene rings is 1. The summed E-state index contributed by atoms with van der Waals surface area (Å²) < 4.78 is 5.76. The Bertz CT molecular complexity index is 722. The highest BCUT2D eigenvalue weighted by atomic mass is 16.5. The molecule has 1 aliphatic rings. The topological polar surface area (TPSA) is 95.9 Å². The van der Waals surface area contributed by atoms with Crippen molar-refractivity contribution in [2.45, 2.75) is 83.7 Å². The third kappa shape index (κ3) is 8.59. The monoisotopic (exact) mass is 432 g/mol. The Labute approximate surface area is 185 Å². The molecule has 1 aromatic rings. The Morgan fingerprint density at radius 2 is 1.65 bits per heavy atom. The Morgan fingerprint density at radius 1 is 1.00 bits per heavy atom. The fraction of sp³-hybridized carbons (Fsp3) is 0.625. The predicted octanol–water partition coefficient (Wildman–Crippen LogP) is 4.29. The van der Waals surface area contributed by atoms with E-state index in [0.29, 0.717) is 25.3 Å². The quantitative estimate of drug-likeness (QED) is 0.403. The van der Waals surface area contributed by atoms with E-state index < -0.39 is 12.1 Å². The van der Waals surface area contributed by atoms with Gasteiger partial charge in [-0.15, -0.1) is 0 Å². The molecule has 0 bridgehead atoms. The average molecular weight is 433 g/mol. The summed E-state index contributed by atoms with van der Waals surface area (Å²) in [5.41, 5.74) is 0.730. The maximum atomic E-state index is 12.6. The summed E-state index contributed by atoms with van der Waals surface area (Å²) in [7, 11) is 0. The molecule has 172 valence electrons. The smallest absolute Gasteiger partial charge is 0.303 e. The molecule has 1 unspecified atom stereocenters. The number of hydrogen-bond donors (Lipinski definition) is 2. The number of anilines is 1. The number of unbranched alkanes of at least 4 members (excludes halogenated alkanes) is 7. The van der Waals surface area contributed by atoms with Gasteiger partial charge in [-0.05, 0) is 31.4 Å². The molecule has 0 fully saturated rings. The number of carbonyl (C=O) groups excluding carboxylic acids is 2. The second-order valence-corrected chi connectivity index (χ2v) is 8.04. The van der Waals surface area contributed by atoms with E-state index in [2.05, 4.69) is 5.32 Å². The Balaban J connectivity index is 1.57. The van der Waals surface area contributed by atoms with Crippen molar-refractivity contribution >= 4 is 23.5 Å². The first-order valence-electron chi connectivity index (χ1n) is 11.6. The lowest BCUT2D eigenvalue weighted by atomic mass is 10.1. The lowest BCUT2D eigenvalue weighted by Gasteiger charge is -2.33. The summed E-state index contributed by atoms with van der Waals surface area (Å²) in [4.78, 5) is 37.0. The number of nitrogens with one attached hydrogen (secondary N) is 1. The molecule has 0 aliphatic carbocycles. The molecule has 1 heterocycles. The minimum absolute atomic E-state index is 0.0387. The normalized spacial score (nSPS) is 15.3. The van der Waals surface area contributed by atoms with Crippen molar-refractivity contribution in [3.8, 4) is 5.75 Å². The summed E-state index contributed by atoms with van der Waals surface area (Å²) >= 11 is 0. The lowest BCUT2D eigenvalue weighted by Crippen LogP contribution is -2.46. The van der Waals surface area contributed by atoms with E-state index in [1.54, 1.807) is 4.90 Å². The van der Waals surface area contributed by atoms with Crippen LogP contribution in [0.2, 0.25) is 0 Å². The van der Waals surface area contributed by atoms with Crippen LogP contribution >= 0.6 is 0 Å². The molecular formula is C24H36N2O5. The van der Waals surface area contributed by atoms with Crippen LogP contribution in [0.1, 0.15) is 77.6 Å². The van der Waals surface area contributed by atoms with Crippen molar-refractivity contribution in [3.05, 3.63) is 24.3 Å². The predicted molar refractivity (Wildman–Crippen MR) is 120 cm³/mol. The summed E-state index contributed by atoms with van der Waals surface area (Å²) in [6.45, 7) is 2.92. The van der Waals surface area contributed by atoms with Gasteiger partial charge in [0, 0.05) is 25.9 Å². The zero-order valence-electron chi connectivity index (χ0n) is 18.6. The van der Waals surface area contributed by atoms with Crippen molar-refractivity contribution in [2.75, 3.05) is 18.0 Å². The van der Waals surface area contributed by atoms with E-state index in [-0.39, 0.29) is 24.7 Å². The van der Waals surface area contributed by atoms with Gasteiger partial charge in [0.25, 0.3) is 5.91 Å². The third-order valence-electron chi connectivity index (χ3n) is 5.54. The van der Waals surface area contributed by atoms with Gasteiger partial charge in [0.15, 0.2) is 6.10 Å². The number of rotatable bonds is 15. The van der Waals surface area contributed by atoms with Gasteiger partial charge in [-0.1, -0.05) is 57.6 Å². The second-order valence-electron chi connectivity index (χ2n) is 8.04. The van der Waals surface area contributed by atoms with Gasteiger partial charge in [0.05, 0.1) is 5.69 Å². The van der Waals surface area contributed by atoms with Gasteiger partial charge in [0.1, 0.15) is 5.75 Å². The van der Waals surface area contributed by atoms with Crippen LogP contribution in [-0.2, 0) is 14.4 Å². The number of fused-ring (bicyclic) bond motifs is 1. The van der Waals surface area contributed by atoms with E-state index in [4.69, 9.17) is 9.84 Å². The van der Waals surface area contributed by atoms with Crippen LogP contribution in [0.5, 0.6) is 5.75 Å². The van der Waals surface area contributed by atoms with Gasteiger partial charge in [0.2, 0.25) is 5.91 Å². The van der Waals surface area contributed by atoms with Crippen molar-refractivity contribution in [1.29, 1.82) is 0 Å². The molecule has 0 saturated carbocycles. The van der Waals surface area contributed by atoms with E-state index >= 15 is 0 Å². The number of carboxylic acids is 1. The molecule has 0 aromatic heterocycles. The molecule has 7 nitrogen and oxygen atoms in total. The largest absolute Gasteiger partial charge is 0.481 e. The second kappa shape index (κ2) is 13.7. The molecule has 2 rings (SSSR count). The highest BCUT2D eigenvalue weighted by molar-refractivity contribution is 6.00. The number of para-hydroxylation sites is 2. The van der Waals surface area contributed by atoms with Crippen LogP contribution in [0.15, 0.2) is 24.3 Å². The molecular weight excluding hydrogens is 396 g/mol. The molecule has 7 heteroatoms. The highest BCUT2D eigenvalue weighted by Crippen LogP contribution is 2.34. The summed E-state index contributed by atoms with van der Waals surface area (Å²) in [6.07, 6.45) is 8.92. The van der Waals surface area contributed by atoms with Crippen LogP contribution in [0, 0.1) is 0 Å².